The highest BCUT2D eigenvalue weighted by molar-refractivity contribution is 9.10. The monoisotopic (exact) mass is 273 g/mol. The molecule has 4 heteroatoms. The predicted molar refractivity (Wildman–Crippen MR) is 60.2 cm³/mol. The quantitative estimate of drug-likeness (QED) is 0.890. The van der Waals surface area contributed by atoms with Crippen LogP contribution in [0.25, 0.3) is 0 Å². The summed E-state index contributed by atoms with van der Waals surface area (Å²) in [6.45, 7) is 0. The van der Waals surface area contributed by atoms with Gasteiger partial charge in [-0.2, -0.15) is 0 Å². The molecular formula is C11H13BrFNO. The summed E-state index contributed by atoms with van der Waals surface area (Å²) in [6.07, 6.45) is 3.50. The van der Waals surface area contributed by atoms with E-state index in [4.69, 9.17) is 5.73 Å². The van der Waals surface area contributed by atoms with E-state index >= 15 is 0 Å². The van der Waals surface area contributed by atoms with E-state index in [9.17, 15) is 9.50 Å². The lowest BCUT2D eigenvalue weighted by Gasteiger charge is -2.09. The van der Waals surface area contributed by atoms with Gasteiger partial charge in [-0.1, -0.05) is 0 Å². The van der Waals surface area contributed by atoms with Gasteiger partial charge in [0, 0.05) is 11.6 Å². The Kier molecular flexibility index (Phi) is 2.73. The van der Waals surface area contributed by atoms with Crippen molar-refractivity contribution in [2.75, 3.05) is 0 Å². The zero-order chi connectivity index (χ0) is 11.1. The second kappa shape index (κ2) is 3.76. The van der Waals surface area contributed by atoms with Gasteiger partial charge in [0.1, 0.15) is 11.6 Å². The number of halogens is 2. The van der Waals surface area contributed by atoms with Crippen molar-refractivity contribution in [3.63, 3.8) is 0 Å². The van der Waals surface area contributed by atoms with Crippen molar-refractivity contribution in [1.29, 1.82) is 0 Å². The summed E-state index contributed by atoms with van der Waals surface area (Å²) in [5.74, 6) is -0.426. The van der Waals surface area contributed by atoms with Crippen LogP contribution in [0, 0.1) is 5.82 Å². The minimum Gasteiger partial charge on any atom is -0.507 e. The first kappa shape index (κ1) is 10.9. The van der Waals surface area contributed by atoms with Crippen molar-refractivity contribution in [3.8, 4) is 5.75 Å². The van der Waals surface area contributed by atoms with E-state index in [0.717, 1.165) is 25.3 Å². The summed E-state index contributed by atoms with van der Waals surface area (Å²) in [4.78, 5) is 0. The number of hydrogen-bond acceptors (Lipinski definition) is 2. The van der Waals surface area contributed by atoms with Crippen molar-refractivity contribution in [3.05, 3.63) is 28.0 Å². The standard InChI is InChI=1S/C11H13BrFNO/c12-8-5-7(9(13)6-10(8)15)1-2-11(14)3-4-11/h5-6,15H,1-4,14H2. The summed E-state index contributed by atoms with van der Waals surface area (Å²) in [5.41, 5.74) is 6.48. The smallest absolute Gasteiger partial charge is 0.132 e. The lowest BCUT2D eigenvalue weighted by molar-refractivity contribution is 0.463. The SMILES string of the molecule is NC1(CCc2cc(Br)c(O)cc2F)CC1. The summed E-state index contributed by atoms with van der Waals surface area (Å²) in [5, 5.41) is 9.25. The van der Waals surface area contributed by atoms with Gasteiger partial charge in [-0.05, 0) is 53.2 Å². The summed E-state index contributed by atoms with van der Waals surface area (Å²) < 4.78 is 13.9. The zero-order valence-corrected chi connectivity index (χ0v) is 9.85. The number of phenols is 1. The van der Waals surface area contributed by atoms with Crippen LogP contribution in [-0.2, 0) is 6.42 Å². The Labute approximate surface area is 96.4 Å². The summed E-state index contributed by atoms with van der Waals surface area (Å²) in [6, 6.07) is 2.76. The molecule has 3 N–H and O–H groups in total. The minimum atomic E-state index is -0.361. The number of hydrogen-bond donors (Lipinski definition) is 2. The molecule has 1 fully saturated rings. The van der Waals surface area contributed by atoms with E-state index in [1.807, 2.05) is 0 Å². The van der Waals surface area contributed by atoms with E-state index in [1.165, 1.54) is 0 Å². The molecule has 1 aromatic carbocycles. The maximum Gasteiger partial charge on any atom is 0.132 e. The Hall–Kier alpha value is -0.610. The normalized spacial score (nSPS) is 17.8. The van der Waals surface area contributed by atoms with E-state index < -0.39 is 0 Å². The molecule has 1 aromatic rings. The van der Waals surface area contributed by atoms with E-state index in [0.29, 0.717) is 16.5 Å². The first-order valence-electron chi connectivity index (χ1n) is 4.96. The molecule has 0 spiro atoms. The molecule has 0 heterocycles. The molecule has 0 atom stereocenters. The highest BCUT2D eigenvalue weighted by Crippen LogP contribution is 2.37. The summed E-state index contributed by atoms with van der Waals surface area (Å²) in [7, 11) is 0. The van der Waals surface area contributed by atoms with Gasteiger partial charge < -0.3 is 10.8 Å². The Bertz CT molecular complexity index is 390. The number of aromatic hydroxyl groups is 1. The molecule has 1 aliphatic carbocycles. The van der Waals surface area contributed by atoms with Crippen LogP contribution in [-0.4, -0.2) is 10.6 Å². The Morgan fingerprint density at radius 1 is 1.47 bits per heavy atom. The lowest BCUT2D eigenvalue weighted by atomic mass is 10.0. The fraction of sp³-hybridized carbons (Fsp3) is 0.455. The first-order chi connectivity index (χ1) is 7.00. The van der Waals surface area contributed by atoms with Crippen LogP contribution in [0.1, 0.15) is 24.8 Å². The molecule has 82 valence electrons. The van der Waals surface area contributed by atoms with Crippen LogP contribution >= 0.6 is 15.9 Å². The summed E-state index contributed by atoms with van der Waals surface area (Å²) >= 11 is 3.17. The van der Waals surface area contributed by atoms with Gasteiger partial charge in [0.15, 0.2) is 0 Å². The average Bonchev–Trinajstić information content (AvgIpc) is 2.89. The van der Waals surface area contributed by atoms with Gasteiger partial charge in [0.25, 0.3) is 0 Å². The molecule has 2 rings (SSSR count). The van der Waals surface area contributed by atoms with Crippen molar-refractivity contribution in [2.45, 2.75) is 31.2 Å². The van der Waals surface area contributed by atoms with Crippen molar-refractivity contribution >= 4 is 15.9 Å². The second-order valence-corrected chi connectivity index (χ2v) is 5.11. The van der Waals surface area contributed by atoms with Crippen LogP contribution in [0.2, 0.25) is 0 Å². The number of phenolic OH excluding ortho intramolecular Hbond substituents is 1. The predicted octanol–water partition coefficient (Wildman–Crippen LogP) is 2.72. The molecule has 0 aromatic heterocycles. The highest BCUT2D eigenvalue weighted by Gasteiger charge is 2.37. The topological polar surface area (TPSA) is 46.2 Å². The molecule has 15 heavy (non-hydrogen) atoms. The largest absolute Gasteiger partial charge is 0.507 e. The zero-order valence-electron chi connectivity index (χ0n) is 8.26. The molecule has 0 amide bonds. The van der Waals surface area contributed by atoms with Crippen molar-refractivity contribution < 1.29 is 9.50 Å². The Morgan fingerprint density at radius 2 is 2.13 bits per heavy atom. The third-order valence-corrected chi connectivity index (χ3v) is 3.54. The molecule has 0 saturated heterocycles. The molecule has 0 unspecified atom stereocenters. The fourth-order valence-corrected chi connectivity index (χ4v) is 1.95. The average molecular weight is 274 g/mol. The number of rotatable bonds is 3. The van der Waals surface area contributed by atoms with Gasteiger partial charge in [-0.15, -0.1) is 0 Å². The van der Waals surface area contributed by atoms with Crippen LogP contribution in [0.15, 0.2) is 16.6 Å². The third kappa shape index (κ3) is 2.49. The number of nitrogens with two attached hydrogens (primary N) is 1. The molecular weight excluding hydrogens is 261 g/mol. The van der Waals surface area contributed by atoms with Gasteiger partial charge in [0.2, 0.25) is 0 Å². The third-order valence-electron chi connectivity index (χ3n) is 2.90. The molecule has 1 saturated carbocycles. The first-order valence-corrected chi connectivity index (χ1v) is 5.75. The molecule has 1 aliphatic rings. The van der Waals surface area contributed by atoms with Crippen molar-refractivity contribution in [1.82, 2.24) is 0 Å². The minimum absolute atomic E-state index is 0.0587. The van der Waals surface area contributed by atoms with Gasteiger partial charge in [-0.3, -0.25) is 0 Å². The van der Waals surface area contributed by atoms with Gasteiger partial charge in [0.05, 0.1) is 4.47 Å². The van der Waals surface area contributed by atoms with Crippen molar-refractivity contribution in [2.24, 2.45) is 5.73 Å². The van der Waals surface area contributed by atoms with E-state index in [2.05, 4.69) is 15.9 Å². The maximum absolute atomic E-state index is 13.4. The molecule has 0 bridgehead atoms. The molecule has 2 nitrogen and oxygen atoms in total. The number of benzene rings is 1. The highest BCUT2D eigenvalue weighted by atomic mass is 79.9. The second-order valence-electron chi connectivity index (χ2n) is 4.26. The molecule has 0 aliphatic heterocycles. The van der Waals surface area contributed by atoms with Crippen LogP contribution in [0.5, 0.6) is 5.75 Å². The van der Waals surface area contributed by atoms with Crippen LogP contribution in [0.4, 0.5) is 4.39 Å². The van der Waals surface area contributed by atoms with E-state index in [-0.39, 0.29) is 17.1 Å². The molecule has 0 radical (unpaired) electrons. The lowest BCUT2D eigenvalue weighted by Crippen LogP contribution is -2.22. The number of aryl methyl sites for hydroxylation is 1. The van der Waals surface area contributed by atoms with Crippen LogP contribution in [0.3, 0.4) is 0 Å². The Morgan fingerprint density at radius 3 is 2.73 bits per heavy atom. The van der Waals surface area contributed by atoms with Gasteiger partial charge >= 0.3 is 0 Å². The van der Waals surface area contributed by atoms with Crippen LogP contribution < -0.4 is 5.73 Å². The maximum atomic E-state index is 13.4. The fourth-order valence-electron chi connectivity index (χ4n) is 1.56. The Balaban J connectivity index is 2.10. The van der Waals surface area contributed by atoms with Gasteiger partial charge in [-0.25, -0.2) is 4.39 Å². The van der Waals surface area contributed by atoms with E-state index in [1.54, 1.807) is 6.07 Å².